The molecule has 1 atom stereocenters. The summed E-state index contributed by atoms with van der Waals surface area (Å²) < 4.78 is 0. The van der Waals surface area contributed by atoms with Crippen LogP contribution in [0.25, 0.3) is 0 Å². The lowest BCUT2D eigenvalue weighted by molar-refractivity contribution is 0.213. The fraction of sp³-hybridized carbons (Fsp3) is 0.900. The molecule has 0 heterocycles. The van der Waals surface area contributed by atoms with Crippen molar-refractivity contribution < 1.29 is 4.79 Å². The van der Waals surface area contributed by atoms with Crippen LogP contribution in [0.1, 0.15) is 39.0 Å². The first-order valence-electron chi connectivity index (χ1n) is 5.33. The van der Waals surface area contributed by atoms with Gasteiger partial charge in [-0.25, -0.2) is 4.79 Å². The van der Waals surface area contributed by atoms with E-state index < -0.39 is 0 Å². The molecule has 0 aromatic carbocycles. The van der Waals surface area contributed by atoms with Gasteiger partial charge >= 0.3 is 6.03 Å². The molecule has 2 rings (SSSR count). The Bertz CT molecular complexity index is 197. The topological polar surface area (TPSA) is 41.1 Å². The molecule has 0 aromatic rings. The van der Waals surface area contributed by atoms with E-state index in [1.807, 2.05) is 0 Å². The molecule has 2 N–H and O–H groups in total. The summed E-state index contributed by atoms with van der Waals surface area (Å²) in [6, 6.07) is 0.850. The number of hydrogen-bond donors (Lipinski definition) is 2. The van der Waals surface area contributed by atoms with Crippen molar-refractivity contribution in [3.05, 3.63) is 0 Å². The molecule has 0 aromatic heterocycles. The molecule has 0 radical (unpaired) electrons. The largest absolute Gasteiger partial charge is 0.335 e. The van der Waals surface area contributed by atoms with E-state index in [4.69, 9.17) is 0 Å². The minimum absolute atomic E-state index is 0.0295. The first kappa shape index (κ1) is 8.85. The van der Waals surface area contributed by atoms with Crippen molar-refractivity contribution in [3.63, 3.8) is 0 Å². The van der Waals surface area contributed by atoms with Gasteiger partial charge < -0.3 is 10.6 Å². The minimum Gasteiger partial charge on any atom is -0.335 e. The maximum Gasteiger partial charge on any atom is 0.315 e. The van der Waals surface area contributed by atoms with E-state index in [-0.39, 0.29) is 6.03 Å². The average Bonchev–Trinajstić information content (AvgIpc) is 2.65. The van der Waals surface area contributed by atoms with Gasteiger partial charge in [-0.05, 0) is 38.5 Å². The van der Waals surface area contributed by atoms with Gasteiger partial charge in [-0.1, -0.05) is 6.42 Å². The van der Waals surface area contributed by atoms with Gasteiger partial charge in [0.25, 0.3) is 0 Å². The van der Waals surface area contributed by atoms with Crippen LogP contribution in [0.2, 0.25) is 0 Å². The lowest BCUT2D eigenvalue weighted by Crippen LogP contribution is -2.46. The van der Waals surface area contributed by atoms with E-state index in [1.165, 1.54) is 19.3 Å². The molecule has 0 spiro atoms. The van der Waals surface area contributed by atoms with Crippen molar-refractivity contribution in [2.24, 2.45) is 5.92 Å². The molecule has 13 heavy (non-hydrogen) atoms. The van der Waals surface area contributed by atoms with Crippen molar-refractivity contribution in [1.82, 2.24) is 10.6 Å². The number of urea groups is 1. The molecule has 3 nitrogen and oxygen atoms in total. The summed E-state index contributed by atoms with van der Waals surface area (Å²) in [5.74, 6) is 0.727. The molecular weight excluding hydrogens is 164 g/mol. The standard InChI is InChI=1S/C10H18N2O/c1-7(8-3-2-4-8)11-10(13)12-9-5-6-9/h7-9H,2-6H2,1H3,(H2,11,12,13). The fourth-order valence-corrected chi connectivity index (χ4v) is 1.72. The molecule has 2 amide bonds. The number of amides is 2. The first-order valence-corrected chi connectivity index (χ1v) is 5.33. The zero-order valence-electron chi connectivity index (χ0n) is 8.18. The van der Waals surface area contributed by atoms with E-state index in [0.717, 1.165) is 18.8 Å². The molecule has 0 saturated heterocycles. The Balaban J connectivity index is 1.65. The zero-order valence-corrected chi connectivity index (χ0v) is 8.18. The normalized spacial score (nSPS) is 24.7. The van der Waals surface area contributed by atoms with Gasteiger partial charge in [0.1, 0.15) is 0 Å². The second-order valence-electron chi connectivity index (χ2n) is 4.37. The summed E-state index contributed by atoms with van der Waals surface area (Å²) >= 11 is 0. The van der Waals surface area contributed by atoms with E-state index in [9.17, 15) is 4.79 Å². The van der Waals surface area contributed by atoms with Crippen molar-refractivity contribution >= 4 is 6.03 Å². The van der Waals surface area contributed by atoms with Crippen molar-refractivity contribution in [3.8, 4) is 0 Å². The van der Waals surface area contributed by atoms with E-state index in [1.54, 1.807) is 0 Å². The van der Waals surface area contributed by atoms with Gasteiger partial charge in [0, 0.05) is 12.1 Å². The van der Waals surface area contributed by atoms with Crippen LogP contribution in [0.4, 0.5) is 4.79 Å². The predicted molar refractivity (Wildman–Crippen MR) is 51.5 cm³/mol. The summed E-state index contributed by atoms with van der Waals surface area (Å²) in [6.07, 6.45) is 6.22. The summed E-state index contributed by atoms with van der Waals surface area (Å²) in [5.41, 5.74) is 0. The van der Waals surface area contributed by atoms with Crippen LogP contribution in [-0.4, -0.2) is 18.1 Å². The van der Waals surface area contributed by atoms with E-state index in [0.29, 0.717) is 12.1 Å². The smallest absolute Gasteiger partial charge is 0.315 e. The van der Waals surface area contributed by atoms with Crippen molar-refractivity contribution in [1.29, 1.82) is 0 Å². The molecule has 2 fully saturated rings. The second-order valence-corrected chi connectivity index (χ2v) is 4.37. The lowest BCUT2D eigenvalue weighted by Gasteiger charge is -2.31. The van der Waals surface area contributed by atoms with Crippen molar-refractivity contribution in [2.75, 3.05) is 0 Å². The van der Waals surface area contributed by atoms with Gasteiger partial charge in [0.15, 0.2) is 0 Å². The predicted octanol–water partition coefficient (Wildman–Crippen LogP) is 1.64. The van der Waals surface area contributed by atoms with Crippen LogP contribution in [0, 0.1) is 5.92 Å². The maximum absolute atomic E-state index is 11.3. The number of rotatable bonds is 3. The quantitative estimate of drug-likeness (QED) is 0.684. The van der Waals surface area contributed by atoms with Gasteiger partial charge in [-0.3, -0.25) is 0 Å². The fourth-order valence-electron chi connectivity index (χ4n) is 1.72. The number of carbonyl (C=O) groups is 1. The molecular formula is C10H18N2O. The number of nitrogens with one attached hydrogen (secondary N) is 2. The lowest BCUT2D eigenvalue weighted by atomic mass is 9.80. The summed E-state index contributed by atoms with van der Waals surface area (Å²) in [6.45, 7) is 2.11. The van der Waals surface area contributed by atoms with E-state index in [2.05, 4.69) is 17.6 Å². The first-order chi connectivity index (χ1) is 6.25. The molecule has 1 unspecified atom stereocenters. The SMILES string of the molecule is CC(NC(=O)NC1CC1)C1CCC1. The van der Waals surface area contributed by atoms with Crippen LogP contribution in [-0.2, 0) is 0 Å². The Labute approximate surface area is 79.3 Å². The molecule has 2 aliphatic carbocycles. The third-order valence-corrected chi connectivity index (χ3v) is 3.13. The zero-order chi connectivity index (χ0) is 9.26. The molecule has 0 bridgehead atoms. The Kier molecular flexibility index (Phi) is 2.42. The van der Waals surface area contributed by atoms with Crippen LogP contribution in [0.15, 0.2) is 0 Å². The minimum atomic E-state index is 0.0295. The molecule has 3 heteroatoms. The van der Waals surface area contributed by atoms with Crippen LogP contribution >= 0.6 is 0 Å². The van der Waals surface area contributed by atoms with Gasteiger partial charge in [0.05, 0.1) is 0 Å². The highest BCUT2D eigenvalue weighted by Gasteiger charge is 2.27. The molecule has 2 saturated carbocycles. The van der Waals surface area contributed by atoms with Gasteiger partial charge in [-0.15, -0.1) is 0 Å². The van der Waals surface area contributed by atoms with Crippen molar-refractivity contribution in [2.45, 2.75) is 51.1 Å². The Morgan fingerprint density at radius 1 is 1.31 bits per heavy atom. The second kappa shape index (κ2) is 3.56. The highest BCUT2D eigenvalue weighted by molar-refractivity contribution is 5.74. The maximum atomic E-state index is 11.3. The van der Waals surface area contributed by atoms with Crippen LogP contribution in [0.3, 0.4) is 0 Å². The highest BCUT2D eigenvalue weighted by atomic mass is 16.2. The Morgan fingerprint density at radius 2 is 2.00 bits per heavy atom. The van der Waals surface area contributed by atoms with Gasteiger partial charge in [0.2, 0.25) is 0 Å². The summed E-state index contributed by atoms with van der Waals surface area (Å²) in [4.78, 5) is 11.3. The average molecular weight is 182 g/mol. The summed E-state index contributed by atoms with van der Waals surface area (Å²) in [7, 11) is 0. The van der Waals surface area contributed by atoms with Crippen LogP contribution < -0.4 is 10.6 Å². The molecule has 2 aliphatic rings. The Hall–Kier alpha value is -0.730. The highest BCUT2D eigenvalue weighted by Crippen LogP contribution is 2.29. The summed E-state index contributed by atoms with van der Waals surface area (Å²) in [5, 5.41) is 5.94. The molecule has 0 aliphatic heterocycles. The van der Waals surface area contributed by atoms with E-state index >= 15 is 0 Å². The molecule has 74 valence electrons. The van der Waals surface area contributed by atoms with Gasteiger partial charge in [-0.2, -0.15) is 0 Å². The number of hydrogen-bond acceptors (Lipinski definition) is 1. The monoisotopic (exact) mass is 182 g/mol. The Morgan fingerprint density at radius 3 is 2.46 bits per heavy atom. The third kappa shape index (κ3) is 2.36. The van der Waals surface area contributed by atoms with Crippen LogP contribution in [0.5, 0.6) is 0 Å². The number of carbonyl (C=O) groups excluding carboxylic acids is 1. The third-order valence-electron chi connectivity index (χ3n) is 3.13.